The molecule has 0 radical (unpaired) electrons. The van der Waals surface area contributed by atoms with Gasteiger partial charge in [0, 0.05) is 0 Å². The van der Waals surface area contributed by atoms with Crippen LogP contribution >= 0.6 is 0 Å². The van der Waals surface area contributed by atoms with Crippen LogP contribution in [0.3, 0.4) is 0 Å². The summed E-state index contributed by atoms with van der Waals surface area (Å²) in [5.41, 5.74) is 5.49. The van der Waals surface area contributed by atoms with Crippen molar-refractivity contribution in [2.75, 3.05) is 6.61 Å². The van der Waals surface area contributed by atoms with Gasteiger partial charge >= 0.3 is 0 Å². The Balaban J connectivity index is 2.50. The van der Waals surface area contributed by atoms with Crippen LogP contribution in [0.15, 0.2) is 4.52 Å². The van der Waals surface area contributed by atoms with Gasteiger partial charge in [-0.05, 0) is 13.8 Å². The standard InChI is InChI=1S/C8H15N3O3/c1-5(2)13-4-7-10-8(11-14-7)6(9)3-12/h5-6,12H,3-4,9H2,1-2H3. The van der Waals surface area contributed by atoms with Gasteiger partial charge in [-0.15, -0.1) is 0 Å². The Morgan fingerprint density at radius 2 is 2.29 bits per heavy atom. The van der Waals surface area contributed by atoms with Crippen molar-refractivity contribution in [3.8, 4) is 0 Å². The van der Waals surface area contributed by atoms with Crippen LogP contribution in [-0.4, -0.2) is 28.0 Å². The molecule has 6 heteroatoms. The number of aliphatic hydroxyl groups is 1. The van der Waals surface area contributed by atoms with Gasteiger partial charge in [0.25, 0.3) is 5.89 Å². The Labute approximate surface area is 82.1 Å². The molecule has 0 amide bonds. The number of aromatic nitrogens is 2. The van der Waals surface area contributed by atoms with Crippen molar-refractivity contribution in [1.82, 2.24) is 10.1 Å². The molecule has 0 spiro atoms. The topological polar surface area (TPSA) is 94.4 Å². The molecule has 0 fully saturated rings. The predicted molar refractivity (Wildman–Crippen MR) is 48.2 cm³/mol. The molecule has 1 heterocycles. The SMILES string of the molecule is CC(C)OCc1nc(C(N)CO)no1. The van der Waals surface area contributed by atoms with Crippen molar-refractivity contribution in [2.24, 2.45) is 5.73 Å². The van der Waals surface area contributed by atoms with Crippen LogP contribution in [-0.2, 0) is 11.3 Å². The van der Waals surface area contributed by atoms with Crippen molar-refractivity contribution >= 4 is 0 Å². The number of nitrogens with two attached hydrogens (primary N) is 1. The number of hydrogen-bond donors (Lipinski definition) is 2. The van der Waals surface area contributed by atoms with Gasteiger partial charge in [0.1, 0.15) is 6.61 Å². The van der Waals surface area contributed by atoms with Gasteiger partial charge in [0.05, 0.1) is 18.8 Å². The molecular weight excluding hydrogens is 186 g/mol. The average Bonchev–Trinajstić information content (AvgIpc) is 2.62. The molecule has 1 aromatic rings. The summed E-state index contributed by atoms with van der Waals surface area (Å²) in [6.45, 7) is 3.89. The summed E-state index contributed by atoms with van der Waals surface area (Å²) in [6, 6.07) is -0.591. The highest BCUT2D eigenvalue weighted by Gasteiger charge is 2.13. The van der Waals surface area contributed by atoms with Crippen LogP contribution in [0.4, 0.5) is 0 Å². The first-order valence-corrected chi connectivity index (χ1v) is 4.44. The largest absolute Gasteiger partial charge is 0.394 e. The van der Waals surface area contributed by atoms with Crippen LogP contribution in [0, 0.1) is 0 Å². The summed E-state index contributed by atoms with van der Waals surface area (Å²) < 4.78 is 10.1. The lowest BCUT2D eigenvalue weighted by Gasteiger charge is -2.02. The van der Waals surface area contributed by atoms with Crippen molar-refractivity contribution in [3.05, 3.63) is 11.7 Å². The van der Waals surface area contributed by atoms with Gasteiger partial charge in [0.15, 0.2) is 5.82 Å². The summed E-state index contributed by atoms with van der Waals surface area (Å²) in [6.07, 6.45) is 0.108. The zero-order chi connectivity index (χ0) is 10.6. The van der Waals surface area contributed by atoms with E-state index in [1.807, 2.05) is 13.8 Å². The number of ether oxygens (including phenoxy) is 1. The maximum Gasteiger partial charge on any atom is 0.252 e. The Kier molecular flexibility index (Phi) is 3.99. The molecule has 0 bridgehead atoms. The van der Waals surface area contributed by atoms with Crippen LogP contribution < -0.4 is 5.73 Å². The van der Waals surface area contributed by atoms with Gasteiger partial charge < -0.3 is 20.1 Å². The molecule has 0 aromatic carbocycles. The first-order valence-electron chi connectivity index (χ1n) is 4.44. The van der Waals surface area contributed by atoms with Crippen molar-refractivity contribution < 1.29 is 14.4 Å². The third-order valence-corrected chi connectivity index (χ3v) is 1.55. The lowest BCUT2D eigenvalue weighted by Crippen LogP contribution is -2.16. The van der Waals surface area contributed by atoms with E-state index in [0.717, 1.165) is 0 Å². The molecule has 6 nitrogen and oxygen atoms in total. The number of rotatable bonds is 5. The zero-order valence-electron chi connectivity index (χ0n) is 8.30. The van der Waals surface area contributed by atoms with Crippen molar-refractivity contribution in [1.29, 1.82) is 0 Å². The number of nitrogens with zero attached hydrogens (tertiary/aromatic N) is 2. The molecule has 14 heavy (non-hydrogen) atoms. The van der Waals surface area contributed by atoms with E-state index in [1.165, 1.54) is 0 Å². The second kappa shape index (κ2) is 5.04. The van der Waals surface area contributed by atoms with E-state index in [9.17, 15) is 0 Å². The number of aliphatic hydroxyl groups excluding tert-OH is 1. The minimum atomic E-state index is -0.591. The molecule has 0 saturated carbocycles. The van der Waals surface area contributed by atoms with E-state index in [1.54, 1.807) is 0 Å². The molecule has 0 aliphatic carbocycles. The quantitative estimate of drug-likeness (QED) is 0.695. The monoisotopic (exact) mass is 201 g/mol. The lowest BCUT2D eigenvalue weighted by molar-refractivity contribution is 0.0485. The first-order chi connectivity index (χ1) is 6.63. The van der Waals surface area contributed by atoms with Gasteiger partial charge in [-0.2, -0.15) is 4.98 Å². The maximum atomic E-state index is 8.74. The molecular formula is C8H15N3O3. The average molecular weight is 201 g/mol. The second-order valence-electron chi connectivity index (χ2n) is 3.20. The van der Waals surface area contributed by atoms with Gasteiger partial charge in [-0.1, -0.05) is 5.16 Å². The molecule has 1 unspecified atom stereocenters. The molecule has 1 aromatic heterocycles. The predicted octanol–water partition coefficient (Wildman–Crippen LogP) is -0.0133. The maximum absolute atomic E-state index is 8.74. The van der Waals surface area contributed by atoms with Gasteiger partial charge in [-0.3, -0.25) is 0 Å². The fourth-order valence-electron chi connectivity index (χ4n) is 0.797. The van der Waals surface area contributed by atoms with Crippen LogP contribution in [0.25, 0.3) is 0 Å². The summed E-state index contributed by atoms with van der Waals surface area (Å²) >= 11 is 0. The summed E-state index contributed by atoms with van der Waals surface area (Å²) in [7, 11) is 0. The van der Waals surface area contributed by atoms with E-state index >= 15 is 0 Å². The minimum absolute atomic E-state index is 0.108. The fourth-order valence-corrected chi connectivity index (χ4v) is 0.797. The second-order valence-corrected chi connectivity index (χ2v) is 3.20. The molecule has 0 aliphatic rings. The molecule has 0 saturated heterocycles. The van der Waals surface area contributed by atoms with E-state index in [0.29, 0.717) is 11.7 Å². The van der Waals surface area contributed by atoms with E-state index in [4.69, 9.17) is 20.1 Å². The highest BCUT2D eigenvalue weighted by atomic mass is 16.5. The highest BCUT2D eigenvalue weighted by molar-refractivity contribution is 4.91. The van der Waals surface area contributed by atoms with Gasteiger partial charge in [0.2, 0.25) is 0 Å². The Bertz CT molecular complexity index is 275. The first kappa shape index (κ1) is 11.1. The molecule has 0 aliphatic heterocycles. The summed E-state index contributed by atoms with van der Waals surface area (Å²) in [5.74, 6) is 0.674. The molecule has 3 N–H and O–H groups in total. The van der Waals surface area contributed by atoms with Crippen molar-refractivity contribution in [3.63, 3.8) is 0 Å². The summed E-state index contributed by atoms with van der Waals surface area (Å²) in [4.78, 5) is 3.97. The lowest BCUT2D eigenvalue weighted by atomic mass is 10.3. The molecule has 80 valence electrons. The normalized spacial score (nSPS) is 13.5. The summed E-state index contributed by atoms with van der Waals surface area (Å²) in [5, 5.41) is 12.4. The molecule has 1 atom stereocenters. The van der Waals surface area contributed by atoms with E-state index < -0.39 is 6.04 Å². The van der Waals surface area contributed by atoms with Gasteiger partial charge in [-0.25, -0.2) is 0 Å². The Morgan fingerprint density at radius 1 is 1.57 bits per heavy atom. The van der Waals surface area contributed by atoms with E-state index in [2.05, 4.69) is 10.1 Å². The fraction of sp³-hybridized carbons (Fsp3) is 0.750. The third kappa shape index (κ3) is 3.06. The zero-order valence-corrected chi connectivity index (χ0v) is 8.30. The Hall–Kier alpha value is -0.980. The minimum Gasteiger partial charge on any atom is -0.394 e. The Morgan fingerprint density at radius 3 is 2.86 bits per heavy atom. The van der Waals surface area contributed by atoms with Crippen LogP contribution in [0.2, 0.25) is 0 Å². The third-order valence-electron chi connectivity index (χ3n) is 1.55. The number of hydrogen-bond acceptors (Lipinski definition) is 6. The van der Waals surface area contributed by atoms with E-state index in [-0.39, 0.29) is 19.3 Å². The molecule has 1 rings (SSSR count). The highest BCUT2D eigenvalue weighted by Crippen LogP contribution is 2.06. The smallest absolute Gasteiger partial charge is 0.252 e. The van der Waals surface area contributed by atoms with Crippen molar-refractivity contribution in [2.45, 2.75) is 32.6 Å². The van der Waals surface area contributed by atoms with Crippen LogP contribution in [0.5, 0.6) is 0 Å². The van der Waals surface area contributed by atoms with Crippen LogP contribution in [0.1, 0.15) is 31.6 Å².